The zero-order chi connectivity index (χ0) is 22.6. The van der Waals surface area contributed by atoms with Crippen LogP contribution < -0.4 is 9.80 Å². The predicted octanol–water partition coefficient (Wildman–Crippen LogP) is 4.60. The Balaban J connectivity index is 2.10. The molecular formula is C20H16F4N2O4. The van der Waals surface area contributed by atoms with Crippen molar-refractivity contribution in [1.29, 1.82) is 0 Å². The van der Waals surface area contributed by atoms with Crippen LogP contribution in [0, 0.1) is 12.7 Å². The number of aryl methyl sites for hydroxylation is 1. The van der Waals surface area contributed by atoms with Crippen molar-refractivity contribution in [3.63, 3.8) is 0 Å². The standard InChI is InChI=1S/C20H16F4N2O4/c1-10-4-5-11(8-14(10)20(22,23)24)25-17(29)19(2,3)26(18(25)30)12-6-7-13(16(27)28)15(21)9-12/h4-9H,1-3H3,(H,27,28). The largest absolute Gasteiger partial charge is 0.478 e. The number of rotatable bonds is 3. The number of urea groups is 1. The topological polar surface area (TPSA) is 77.9 Å². The lowest BCUT2D eigenvalue weighted by molar-refractivity contribution is -0.138. The van der Waals surface area contributed by atoms with E-state index in [1.54, 1.807) is 0 Å². The average molecular weight is 424 g/mol. The molecule has 1 fully saturated rings. The second-order valence-electron chi connectivity index (χ2n) is 7.28. The van der Waals surface area contributed by atoms with Gasteiger partial charge in [0.2, 0.25) is 0 Å². The van der Waals surface area contributed by atoms with Gasteiger partial charge >= 0.3 is 18.2 Å². The highest BCUT2D eigenvalue weighted by molar-refractivity contribution is 6.30. The molecule has 0 aliphatic carbocycles. The fourth-order valence-corrected chi connectivity index (χ4v) is 3.33. The van der Waals surface area contributed by atoms with Gasteiger partial charge in [-0.1, -0.05) is 6.07 Å². The zero-order valence-corrected chi connectivity index (χ0v) is 16.0. The van der Waals surface area contributed by atoms with E-state index in [-0.39, 0.29) is 16.9 Å². The van der Waals surface area contributed by atoms with E-state index in [0.29, 0.717) is 11.0 Å². The van der Waals surface area contributed by atoms with Gasteiger partial charge in [-0.3, -0.25) is 9.69 Å². The summed E-state index contributed by atoms with van der Waals surface area (Å²) < 4.78 is 53.9. The van der Waals surface area contributed by atoms with E-state index < -0.39 is 46.6 Å². The molecule has 0 aromatic heterocycles. The zero-order valence-electron chi connectivity index (χ0n) is 16.0. The average Bonchev–Trinajstić information content (AvgIpc) is 2.79. The van der Waals surface area contributed by atoms with Crippen molar-refractivity contribution in [2.75, 3.05) is 9.80 Å². The lowest BCUT2D eigenvalue weighted by Crippen LogP contribution is -2.44. The maximum absolute atomic E-state index is 14.1. The van der Waals surface area contributed by atoms with Gasteiger partial charge < -0.3 is 5.11 Å². The number of carbonyl (C=O) groups excluding carboxylic acids is 2. The van der Waals surface area contributed by atoms with Crippen LogP contribution in [0.15, 0.2) is 36.4 Å². The summed E-state index contributed by atoms with van der Waals surface area (Å²) in [6, 6.07) is 4.97. The van der Waals surface area contributed by atoms with E-state index in [0.717, 1.165) is 29.2 Å². The molecule has 0 bridgehead atoms. The molecule has 3 rings (SSSR count). The number of anilines is 2. The summed E-state index contributed by atoms with van der Waals surface area (Å²) in [5.74, 6) is -3.44. The summed E-state index contributed by atoms with van der Waals surface area (Å²) >= 11 is 0. The van der Waals surface area contributed by atoms with Crippen molar-refractivity contribution in [3.8, 4) is 0 Å². The van der Waals surface area contributed by atoms with Crippen LogP contribution in [-0.4, -0.2) is 28.6 Å². The number of carboxylic acids is 1. The van der Waals surface area contributed by atoms with Crippen LogP contribution in [0.5, 0.6) is 0 Å². The van der Waals surface area contributed by atoms with Crippen LogP contribution >= 0.6 is 0 Å². The molecule has 30 heavy (non-hydrogen) atoms. The summed E-state index contributed by atoms with van der Waals surface area (Å²) in [6.45, 7) is 3.97. The van der Waals surface area contributed by atoms with Crippen LogP contribution in [0.1, 0.15) is 35.3 Å². The summed E-state index contributed by atoms with van der Waals surface area (Å²) in [4.78, 5) is 38.5. The third kappa shape index (κ3) is 3.27. The van der Waals surface area contributed by atoms with Crippen LogP contribution in [0.25, 0.3) is 0 Å². The number of halogens is 4. The second-order valence-corrected chi connectivity index (χ2v) is 7.28. The number of imide groups is 1. The Morgan fingerprint density at radius 1 is 1.03 bits per heavy atom. The number of aromatic carboxylic acids is 1. The summed E-state index contributed by atoms with van der Waals surface area (Å²) in [7, 11) is 0. The smallest absolute Gasteiger partial charge is 0.416 e. The van der Waals surface area contributed by atoms with Gasteiger partial charge in [0.15, 0.2) is 0 Å². The molecule has 1 aliphatic heterocycles. The Morgan fingerprint density at radius 2 is 1.63 bits per heavy atom. The minimum atomic E-state index is -4.68. The lowest BCUT2D eigenvalue weighted by atomic mass is 10.0. The maximum atomic E-state index is 14.1. The number of alkyl halides is 3. The Hall–Kier alpha value is -3.43. The van der Waals surface area contributed by atoms with Gasteiger partial charge in [0.1, 0.15) is 11.4 Å². The van der Waals surface area contributed by atoms with Crippen LogP contribution in [0.4, 0.5) is 33.7 Å². The summed E-state index contributed by atoms with van der Waals surface area (Å²) in [6.07, 6.45) is -4.68. The number of amides is 3. The van der Waals surface area contributed by atoms with E-state index in [2.05, 4.69) is 0 Å². The molecule has 1 aliphatic rings. The van der Waals surface area contributed by atoms with Crippen molar-refractivity contribution in [3.05, 3.63) is 58.9 Å². The van der Waals surface area contributed by atoms with Gasteiger partial charge in [0.25, 0.3) is 5.91 Å². The molecule has 1 heterocycles. The van der Waals surface area contributed by atoms with Crippen LogP contribution in [-0.2, 0) is 11.0 Å². The monoisotopic (exact) mass is 424 g/mol. The van der Waals surface area contributed by atoms with Crippen molar-refractivity contribution in [2.24, 2.45) is 0 Å². The lowest BCUT2D eigenvalue weighted by Gasteiger charge is -2.27. The third-order valence-corrected chi connectivity index (χ3v) is 4.89. The summed E-state index contributed by atoms with van der Waals surface area (Å²) in [5.41, 5.74) is -3.63. The molecule has 158 valence electrons. The predicted molar refractivity (Wildman–Crippen MR) is 99.0 cm³/mol. The first-order valence-electron chi connectivity index (χ1n) is 8.66. The highest BCUT2D eigenvalue weighted by Gasteiger charge is 2.53. The Bertz CT molecular complexity index is 1080. The van der Waals surface area contributed by atoms with E-state index >= 15 is 0 Å². The number of nitrogens with zero attached hydrogens (tertiary/aromatic N) is 2. The molecule has 3 amide bonds. The Kier molecular flexibility index (Phi) is 4.84. The molecule has 0 radical (unpaired) electrons. The third-order valence-electron chi connectivity index (χ3n) is 4.89. The number of carboxylic acid groups (broad SMARTS) is 1. The molecule has 6 nitrogen and oxygen atoms in total. The van der Waals surface area contributed by atoms with Crippen molar-refractivity contribution >= 4 is 29.3 Å². The molecule has 2 aromatic carbocycles. The molecule has 0 unspecified atom stereocenters. The quantitative estimate of drug-likeness (QED) is 0.577. The molecule has 0 spiro atoms. The minimum absolute atomic E-state index is 0.0761. The Morgan fingerprint density at radius 3 is 2.17 bits per heavy atom. The normalized spacial score (nSPS) is 16.4. The van der Waals surface area contributed by atoms with E-state index in [9.17, 15) is 31.9 Å². The first kappa shape index (κ1) is 21.3. The maximum Gasteiger partial charge on any atom is 0.416 e. The van der Waals surface area contributed by atoms with Gasteiger partial charge in [0, 0.05) is 5.69 Å². The molecule has 10 heteroatoms. The highest BCUT2D eigenvalue weighted by atomic mass is 19.4. The van der Waals surface area contributed by atoms with Crippen molar-refractivity contribution < 1.29 is 37.1 Å². The van der Waals surface area contributed by atoms with Gasteiger partial charge in [-0.05, 0) is 56.7 Å². The second kappa shape index (κ2) is 6.82. The highest BCUT2D eigenvalue weighted by Crippen LogP contribution is 2.39. The number of hydrogen-bond acceptors (Lipinski definition) is 3. The fourth-order valence-electron chi connectivity index (χ4n) is 3.33. The summed E-state index contributed by atoms with van der Waals surface area (Å²) in [5, 5.41) is 8.95. The van der Waals surface area contributed by atoms with Crippen LogP contribution in [0.2, 0.25) is 0 Å². The number of carbonyl (C=O) groups is 3. The van der Waals surface area contributed by atoms with E-state index in [4.69, 9.17) is 5.11 Å². The van der Waals surface area contributed by atoms with Gasteiger partial charge in [-0.15, -0.1) is 0 Å². The van der Waals surface area contributed by atoms with Crippen molar-refractivity contribution in [2.45, 2.75) is 32.5 Å². The molecule has 0 atom stereocenters. The van der Waals surface area contributed by atoms with Gasteiger partial charge in [-0.2, -0.15) is 13.2 Å². The van der Waals surface area contributed by atoms with Gasteiger partial charge in [0.05, 0.1) is 16.8 Å². The first-order chi connectivity index (χ1) is 13.8. The molecule has 0 saturated carbocycles. The fraction of sp³-hybridized carbons (Fsp3) is 0.250. The minimum Gasteiger partial charge on any atom is -0.478 e. The molecular weight excluding hydrogens is 408 g/mol. The van der Waals surface area contributed by atoms with E-state index in [1.807, 2.05) is 0 Å². The first-order valence-corrected chi connectivity index (χ1v) is 8.66. The number of hydrogen-bond donors (Lipinski definition) is 1. The SMILES string of the molecule is Cc1ccc(N2C(=O)N(c3ccc(C(=O)O)c(F)c3)C(C)(C)C2=O)cc1C(F)(F)F. The van der Waals surface area contributed by atoms with E-state index in [1.165, 1.54) is 26.8 Å². The van der Waals surface area contributed by atoms with Crippen molar-refractivity contribution in [1.82, 2.24) is 0 Å². The Labute approximate surface area is 168 Å². The molecule has 2 aromatic rings. The number of benzene rings is 2. The molecule has 1 saturated heterocycles. The van der Waals surface area contributed by atoms with Crippen LogP contribution in [0.3, 0.4) is 0 Å². The molecule has 1 N–H and O–H groups in total. The van der Waals surface area contributed by atoms with Gasteiger partial charge in [-0.25, -0.2) is 18.9 Å².